The SMILES string of the molecule is Cc1cc(OC(C)C)ccc1NC(=O)Cn1ccc2ccc(Cl)cc21. The highest BCUT2D eigenvalue weighted by Gasteiger charge is 2.09. The Morgan fingerprint density at radius 2 is 2.00 bits per heavy atom. The van der Waals surface area contributed by atoms with Crippen LogP contribution in [-0.2, 0) is 11.3 Å². The number of ether oxygens (including phenoxy) is 1. The number of hydrogen-bond acceptors (Lipinski definition) is 2. The topological polar surface area (TPSA) is 43.3 Å². The monoisotopic (exact) mass is 356 g/mol. The van der Waals surface area contributed by atoms with Crippen molar-refractivity contribution in [3.63, 3.8) is 0 Å². The fourth-order valence-corrected chi connectivity index (χ4v) is 2.93. The molecule has 0 saturated carbocycles. The third-order valence-corrected chi connectivity index (χ3v) is 4.13. The largest absolute Gasteiger partial charge is 0.491 e. The lowest BCUT2D eigenvalue weighted by Crippen LogP contribution is -2.18. The van der Waals surface area contributed by atoms with E-state index in [0.717, 1.165) is 27.9 Å². The molecular formula is C20H21ClN2O2. The second kappa shape index (κ2) is 7.19. The van der Waals surface area contributed by atoms with Crippen LogP contribution < -0.4 is 10.1 Å². The Balaban J connectivity index is 1.73. The van der Waals surface area contributed by atoms with Gasteiger partial charge >= 0.3 is 0 Å². The Labute approximate surface area is 152 Å². The number of carbonyl (C=O) groups is 1. The molecule has 0 saturated heterocycles. The molecule has 1 N–H and O–H groups in total. The average Bonchev–Trinajstić information content (AvgIpc) is 2.91. The van der Waals surface area contributed by atoms with E-state index in [2.05, 4.69) is 5.32 Å². The van der Waals surface area contributed by atoms with Gasteiger partial charge in [-0.3, -0.25) is 4.79 Å². The van der Waals surface area contributed by atoms with Crippen molar-refractivity contribution in [3.8, 4) is 5.75 Å². The van der Waals surface area contributed by atoms with Crippen molar-refractivity contribution < 1.29 is 9.53 Å². The third-order valence-electron chi connectivity index (χ3n) is 3.89. The number of amides is 1. The van der Waals surface area contributed by atoms with Crippen LogP contribution in [0.2, 0.25) is 5.02 Å². The summed E-state index contributed by atoms with van der Waals surface area (Å²) in [5.74, 6) is 0.717. The van der Waals surface area contributed by atoms with Gasteiger partial charge in [-0.1, -0.05) is 17.7 Å². The zero-order valence-electron chi connectivity index (χ0n) is 14.5. The Hall–Kier alpha value is -2.46. The second-order valence-corrected chi connectivity index (χ2v) is 6.77. The molecule has 1 aromatic heterocycles. The molecule has 3 rings (SSSR count). The summed E-state index contributed by atoms with van der Waals surface area (Å²) in [7, 11) is 0. The number of fused-ring (bicyclic) bond motifs is 1. The number of nitrogens with one attached hydrogen (secondary N) is 1. The Kier molecular flexibility index (Phi) is 5.00. The van der Waals surface area contributed by atoms with Crippen LogP contribution in [0.3, 0.4) is 0 Å². The highest BCUT2D eigenvalue weighted by molar-refractivity contribution is 6.31. The summed E-state index contributed by atoms with van der Waals surface area (Å²) in [6, 6.07) is 13.3. The van der Waals surface area contributed by atoms with Crippen LogP contribution in [0.5, 0.6) is 5.75 Å². The number of halogens is 1. The first-order chi connectivity index (χ1) is 11.9. The summed E-state index contributed by atoms with van der Waals surface area (Å²) in [5.41, 5.74) is 2.70. The normalized spacial score (nSPS) is 11.1. The molecule has 0 fully saturated rings. The molecule has 0 bridgehead atoms. The van der Waals surface area contributed by atoms with Crippen LogP contribution in [-0.4, -0.2) is 16.6 Å². The number of hydrogen-bond donors (Lipinski definition) is 1. The van der Waals surface area contributed by atoms with E-state index in [1.807, 2.05) is 74.0 Å². The van der Waals surface area contributed by atoms with E-state index in [-0.39, 0.29) is 18.6 Å². The van der Waals surface area contributed by atoms with Crippen LogP contribution in [0.1, 0.15) is 19.4 Å². The van der Waals surface area contributed by atoms with Crippen molar-refractivity contribution in [1.82, 2.24) is 4.57 Å². The molecule has 0 unspecified atom stereocenters. The highest BCUT2D eigenvalue weighted by Crippen LogP contribution is 2.23. The van der Waals surface area contributed by atoms with E-state index < -0.39 is 0 Å². The molecule has 0 atom stereocenters. The van der Waals surface area contributed by atoms with Crippen LogP contribution >= 0.6 is 11.6 Å². The van der Waals surface area contributed by atoms with Crippen molar-refractivity contribution in [2.75, 3.05) is 5.32 Å². The fraction of sp³-hybridized carbons (Fsp3) is 0.250. The molecule has 5 heteroatoms. The predicted molar refractivity (Wildman–Crippen MR) is 103 cm³/mol. The van der Waals surface area contributed by atoms with Gasteiger partial charge in [-0.25, -0.2) is 0 Å². The van der Waals surface area contributed by atoms with E-state index in [1.54, 1.807) is 0 Å². The van der Waals surface area contributed by atoms with Crippen LogP contribution in [0.25, 0.3) is 10.9 Å². The van der Waals surface area contributed by atoms with Gasteiger partial charge in [0.2, 0.25) is 5.91 Å². The molecule has 1 heterocycles. The maximum absolute atomic E-state index is 12.4. The van der Waals surface area contributed by atoms with Gasteiger partial charge < -0.3 is 14.6 Å². The summed E-state index contributed by atoms with van der Waals surface area (Å²) in [6.07, 6.45) is 2.01. The highest BCUT2D eigenvalue weighted by atomic mass is 35.5. The van der Waals surface area contributed by atoms with Crippen molar-refractivity contribution in [2.24, 2.45) is 0 Å². The predicted octanol–water partition coefficient (Wildman–Crippen LogP) is 5.03. The lowest BCUT2D eigenvalue weighted by atomic mass is 10.2. The summed E-state index contributed by atoms with van der Waals surface area (Å²) >= 11 is 6.06. The third kappa shape index (κ3) is 4.15. The number of aryl methyl sites for hydroxylation is 1. The molecule has 25 heavy (non-hydrogen) atoms. The molecule has 0 aliphatic heterocycles. The van der Waals surface area contributed by atoms with Crippen molar-refractivity contribution in [2.45, 2.75) is 33.4 Å². The fourth-order valence-electron chi connectivity index (χ4n) is 2.76. The lowest BCUT2D eigenvalue weighted by molar-refractivity contribution is -0.116. The zero-order chi connectivity index (χ0) is 18.0. The Morgan fingerprint density at radius 3 is 2.72 bits per heavy atom. The van der Waals surface area contributed by atoms with Gasteiger partial charge in [0, 0.05) is 22.4 Å². The molecule has 4 nitrogen and oxygen atoms in total. The molecule has 1 amide bonds. The number of nitrogens with zero attached hydrogens (tertiary/aromatic N) is 1. The van der Waals surface area contributed by atoms with E-state index in [9.17, 15) is 4.79 Å². The zero-order valence-corrected chi connectivity index (χ0v) is 15.3. The van der Waals surface area contributed by atoms with Crippen LogP contribution in [0.4, 0.5) is 5.69 Å². The first-order valence-corrected chi connectivity index (χ1v) is 8.62. The van der Waals surface area contributed by atoms with Crippen molar-refractivity contribution in [1.29, 1.82) is 0 Å². The maximum atomic E-state index is 12.4. The van der Waals surface area contributed by atoms with Crippen molar-refractivity contribution >= 4 is 34.1 Å². The molecule has 0 radical (unpaired) electrons. The van der Waals surface area contributed by atoms with Gasteiger partial charge in [-0.2, -0.15) is 0 Å². The van der Waals surface area contributed by atoms with E-state index in [0.29, 0.717) is 5.02 Å². The first-order valence-electron chi connectivity index (χ1n) is 8.24. The van der Waals surface area contributed by atoms with Gasteiger partial charge in [0.05, 0.1) is 6.10 Å². The number of benzene rings is 2. The van der Waals surface area contributed by atoms with Gasteiger partial charge in [0.25, 0.3) is 0 Å². The standard InChI is InChI=1S/C20H21ClN2O2/c1-13(2)25-17-6-7-18(14(3)10-17)22-20(24)12-23-9-8-15-4-5-16(21)11-19(15)23/h4-11,13H,12H2,1-3H3,(H,22,24). The summed E-state index contributed by atoms with van der Waals surface area (Å²) < 4.78 is 7.56. The molecule has 0 aliphatic rings. The van der Waals surface area contributed by atoms with E-state index >= 15 is 0 Å². The summed E-state index contributed by atoms with van der Waals surface area (Å²) in [6.45, 7) is 6.15. The minimum atomic E-state index is -0.0851. The minimum Gasteiger partial charge on any atom is -0.491 e. The Bertz CT molecular complexity index is 915. The lowest BCUT2D eigenvalue weighted by Gasteiger charge is -2.13. The van der Waals surface area contributed by atoms with Crippen LogP contribution in [0.15, 0.2) is 48.7 Å². The minimum absolute atomic E-state index is 0.0851. The number of carbonyl (C=O) groups excluding carboxylic acids is 1. The van der Waals surface area contributed by atoms with Gasteiger partial charge in [0.1, 0.15) is 12.3 Å². The number of anilines is 1. The average molecular weight is 357 g/mol. The number of aromatic nitrogens is 1. The van der Waals surface area contributed by atoms with Gasteiger partial charge in [-0.15, -0.1) is 0 Å². The maximum Gasteiger partial charge on any atom is 0.244 e. The van der Waals surface area contributed by atoms with Crippen LogP contribution in [0, 0.1) is 6.92 Å². The molecular weight excluding hydrogens is 336 g/mol. The summed E-state index contributed by atoms with van der Waals surface area (Å²) in [4.78, 5) is 12.4. The molecule has 130 valence electrons. The smallest absolute Gasteiger partial charge is 0.244 e. The number of rotatable bonds is 5. The van der Waals surface area contributed by atoms with Gasteiger partial charge in [0.15, 0.2) is 0 Å². The molecule has 0 spiro atoms. The second-order valence-electron chi connectivity index (χ2n) is 6.34. The quantitative estimate of drug-likeness (QED) is 0.696. The summed E-state index contributed by atoms with van der Waals surface area (Å²) in [5, 5.41) is 4.68. The molecule has 0 aliphatic carbocycles. The van der Waals surface area contributed by atoms with E-state index in [4.69, 9.17) is 16.3 Å². The van der Waals surface area contributed by atoms with E-state index in [1.165, 1.54) is 0 Å². The first kappa shape index (κ1) is 17.4. The Morgan fingerprint density at radius 1 is 1.20 bits per heavy atom. The van der Waals surface area contributed by atoms with Gasteiger partial charge in [-0.05, 0) is 68.1 Å². The van der Waals surface area contributed by atoms with Crippen molar-refractivity contribution in [3.05, 3.63) is 59.2 Å². The molecule has 2 aromatic carbocycles. The molecule has 3 aromatic rings.